The lowest BCUT2D eigenvalue weighted by molar-refractivity contribution is -0.115. The molecule has 0 radical (unpaired) electrons. The Kier molecular flexibility index (Phi) is 8.33. The Hall–Kier alpha value is -5.60. The number of fused-ring (bicyclic) bond motifs is 6. The predicted molar refractivity (Wildman–Crippen MR) is 182 cm³/mol. The second kappa shape index (κ2) is 12.9. The van der Waals surface area contributed by atoms with Crippen LogP contribution in [-0.4, -0.2) is 53.2 Å². The highest BCUT2D eigenvalue weighted by Gasteiger charge is 2.28. The number of aromatic nitrogens is 6. The predicted octanol–water partition coefficient (Wildman–Crippen LogP) is 5.50. The first-order valence-electron chi connectivity index (χ1n) is 15.2. The van der Waals surface area contributed by atoms with Crippen molar-refractivity contribution in [3.05, 3.63) is 107 Å². The molecule has 2 amide bonds. The van der Waals surface area contributed by atoms with E-state index in [1.54, 1.807) is 36.7 Å². The van der Waals surface area contributed by atoms with E-state index >= 15 is 0 Å². The maximum absolute atomic E-state index is 12.8. The molecule has 0 saturated heterocycles. The molecule has 0 spiro atoms. The van der Waals surface area contributed by atoms with Crippen LogP contribution in [0.3, 0.4) is 0 Å². The van der Waals surface area contributed by atoms with E-state index < -0.39 is 0 Å². The minimum atomic E-state index is -0.167. The van der Waals surface area contributed by atoms with Gasteiger partial charge in [0.1, 0.15) is 5.69 Å². The van der Waals surface area contributed by atoms with Gasteiger partial charge in [0.15, 0.2) is 10.3 Å². The van der Waals surface area contributed by atoms with Crippen LogP contribution in [0.25, 0.3) is 21.1 Å². The lowest BCUT2D eigenvalue weighted by atomic mass is 10.0. The molecule has 0 aliphatic heterocycles. The molecule has 0 saturated carbocycles. The monoisotopic (exact) mass is 676 g/mol. The summed E-state index contributed by atoms with van der Waals surface area (Å²) in [6.07, 6.45) is 6.68. The molecular weight excluding hydrogens is 649 g/mol. The normalized spacial score (nSPS) is 12.4. The first-order valence-corrected chi connectivity index (χ1v) is 16.8. The molecule has 4 aromatic heterocycles. The molecule has 8 rings (SSSR count). The van der Waals surface area contributed by atoms with E-state index in [2.05, 4.69) is 30.8 Å². The minimum absolute atomic E-state index is 0.147. The van der Waals surface area contributed by atoms with Crippen LogP contribution in [0.2, 0.25) is 0 Å². The summed E-state index contributed by atoms with van der Waals surface area (Å²) in [5, 5.41) is 15.4. The van der Waals surface area contributed by atoms with Crippen LogP contribution in [0.4, 0.5) is 10.3 Å². The van der Waals surface area contributed by atoms with E-state index in [0.717, 1.165) is 69.3 Å². The topological polar surface area (TPSA) is 154 Å². The summed E-state index contributed by atoms with van der Waals surface area (Å²) in [5.41, 5.74) is 6.65. The molecule has 0 unspecified atom stereocenters. The highest BCUT2D eigenvalue weighted by molar-refractivity contribution is 7.19. The van der Waals surface area contributed by atoms with Gasteiger partial charge in [-0.15, -0.1) is 0 Å². The molecule has 48 heavy (non-hydrogen) atoms. The van der Waals surface area contributed by atoms with Crippen molar-refractivity contribution in [3.63, 3.8) is 0 Å². The Balaban J connectivity index is 0.000000152. The summed E-state index contributed by atoms with van der Waals surface area (Å²) >= 11 is 2.78. The largest absolute Gasteiger partial charge is 0.302 e. The highest BCUT2D eigenvalue weighted by atomic mass is 32.1. The van der Waals surface area contributed by atoms with Gasteiger partial charge in [-0.25, -0.2) is 14.6 Å². The van der Waals surface area contributed by atoms with Gasteiger partial charge in [-0.2, -0.15) is 14.9 Å². The molecule has 0 bridgehead atoms. The molecule has 2 aromatic carbocycles. The van der Waals surface area contributed by atoms with E-state index in [1.165, 1.54) is 45.9 Å². The van der Waals surface area contributed by atoms with Crippen LogP contribution in [-0.2, 0) is 35.3 Å². The van der Waals surface area contributed by atoms with Crippen LogP contribution in [0.15, 0.2) is 73.1 Å². The van der Waals surface area contributed by atoms with Gasteiger partial charge in [-0.1, -0.05) is 59.1 Å². The SMILES string of the molecule is CC(=O)Nc1nc2c(s1)-c1c(cnn1C(=O)c1ccccc1)CC2.CC(=O)Nc1nc2c(s1)-c1nn(C(=O)c3ccccc3)cc1CC2. The van der Waals surface area contributed by atoms with E-state index in [-0.39, 0.29) is 23.6 Å². The van der Waals surface area contributed by atoms with Crippen LogP contribution < -0.4 is 10.6 Å². The zero-order chi connectivity index (χ0) is 33.4. The lowest BCUT2D eigenvalue weighted by Crippen LogP contribution is -2.16. The van der Waals surface area contributed by atoms with E-state index in [9.17, 15) is 19.2 Å². The molecule has 4 heterocycles. The number of carbonyl (C=O) groups excluding carboxylic acids is 4. The second-order valence-corrected chi connectivity index (χ2v) is 13.2. The minimum Gasteiger partial charge on any atom is -0.302 e. The highest BCUT2D eigenvalue weighted by Crippen LogP contribution is 2.40. The maximum atomic E-state index is 12.8. The van der Waals surface area contributed by atoms with Gasteiger partial charge in [0.2, 0.25) is 11.8 Å². The van der Waals surface area contributed by atoms with Gasteiger partial charge < -0.3 is 10.6 Å². The number of amides is 2. The van der Waals surface area contributed by atoms with Crippen LogP contribution in [0, 0.1) is 0 Å². The number of aryl methyl sites for hydroxylation is 4. The Morgan fingerprint density at radius 1 is 0.688 bits per heavy atom. The summed E-state index contributed by atoms with van der Waals surface area (Å²) in [4.78, 5) is 58.6. The molecule has 6 aromatic rings. The number of rotatable bonds is 4. The average Bonchev–Trinajstić information content (AvgIpc) is 3.88. The van der Waals surface area contributed by atoms with Crippen molar-refractivity contribution in [2.24, 2.45) is 0 Å². The number of hydrogen-bond donors (Lipinski definition) is 2. The summed E-state index contributed by atoms with van der Waals surface area (Å²) in [7, 11) is 0. The number of thiazole rings is 2. The van der Waals surface area contributed by atoms with E-state index in [0.29, 0.717) is 21.4 Å². The van der Waals surface area contributed by atoms with E-state index in [1.807, 2.05) is 36.4 Å². The number of benzene rings is 2. The van der Waals surface area contributed by atoms with Crippen LogP contribution in [0.1, 0.15) is 57.1 Å². The van der Waals surface area contributed by atoms with Gasteiger partial charge in [0.05, 0.1) is 33.0 Å². The van der Waals surface area contributed by atoms with Gasteiger partial charge in [-0.3, -0.25) is 19.2 Å². The number of nitrogens with one attached hydrogen (secondary N) is 2. The zero-order valence-corrected chi connectivity index (χ0v) is 27.5. The van der Waals surface area contributed by atoms with Crippen molar-refractivity contribution in [2.45, 2.75) is 39.5 Å². The van der Waals surface area contributed by atoms with Gasteiger partial charge >= 0.3 is 0 Å². The summed E-state index contributed by atoms with van der Waals surface area (Å²) < 4.78 is 2.84. The lowest BCUT2D eigenvalue weighted by Gasteiger charge is -2.12. The molecule has 2 N–H and O–H groups in total. The van der Waals surface area contributed by atoms with Crippen molar-refractivity contribution in [2.75, 3.05) is 10.6 Å². The number of carbonyl (C=O) groups is 4. The third-order valence-electron chi connectivity index (χ3n) is 7.73. The van der Waals surface area contributed by atoms with Crippen molar-refractivity contribution < 1.29 is 19.2 Å². The molecular formula is C34H28N8O4S2. The summed E-state index contributed by atoms with van der Waals surface area (Å²) in [6.45, 7) is 2.91. The Morgan fingerprint density at radius 2 is 1.23 bits per heavy atom. The average molecular weight is 677 g/mol. The standard InChI is InChI=1S/2C17H14N4O2S/c1-10(22)18-17-19-13-8-7-12-9-21(20-14(12)15(13)24-17)16(23)11-5-3-2-4-6-11;1-10(22)19-17-20-13-8-7-12-9-18-21(14(12)15(13)24-17)16(23)11-5-3-2-4-6-11/h2-6,9H,7-8H2,1H3,(H,18,19,22);2-6,9H,7-8H2,1H3,(H,19,20,22). The fraction of sp³-hybridized carbons (Fsp3) is 0.176. The van der Waals surface area contributed by atoms with Crippen molar-refractivity contribution in [1.29, 1.82) is 0 Å². The first kappa shape index (κ1) is 31.0. The molecule has 2 aliphatic carbocycles. The zero-order valence-electron chi connectivity index (χ0n) is 25.9. The summed E-state index contributed by atoms with van der Waals surface area (Å²) in [6, 6.07) is 18.2. The molecule has 0 atom stereocenters. The smallest absolute Gasteiger partial charge is 0.278 e. The van der Waals surface area contributed by atoms with E-state index in [4.69, 9.17) is 0 Å². The van der Waals surface area contributed by atoms with Gasteiger partial charge in [-0.05, 0) is 61.1 Å². The first-order chi connectivity index (χ1) is 23.2. The quantitative estimate of drug-likeness (QED) is 0.248. The number of hydrogen-bond acceptors (Lipinski definition) is 10. The summed E-state index contributed by atoms with van der Waals surface area (Å²) in [5.74, 6) is -0.626. The van der Waals surface area contributed by atoms with Crippen molar-refractivity contribution in [1.82, 2.24) is 29.5 Å². The van der Waals surface area contributed by atoms with Crippen molar-refractivity contribution >= 4 is 56.6 Å². The van der Waals surface area contributed by atoms with Gasteiger partial charge in [0, 0.05) is 31.2 Å². The van der Waals surface area contributed by atoms with Gasteiger partial charge in [0.25, 0.3) is 11.8 Å². The van der Waals surface area contributed by atoms with Crippen LogP contribution in [0.5, 0.6) is 0 Å². The number of nitrogens with zero attached hydrogens (tertiary/aromatic N) is 6. The molecule has 14 heteroatoms. The fourth-order valence-corrected chi connectivity index (χ4v) is 7.79. The molecule has 12 nitrogen and oxygen atoms in total. The molecule has 0 fully saturated rings. The third kappa shape index (κ3) is 6.10. The Morgan fingerprint density at radius 3 is 1.83 bits per heavy atom. The number of anilines is 2. The Bertz CT molecular complexity index is 2200. The third-order valence-corrected chi connectivity index (χ3v) is 9.77. The molecule has 240 valence electrons. The molecule has 2 aliphatic rings. The van der Waals surface area contributed by atoms with Crippen LogP contribution >= 0.6 is 22.7 Å². The van der Waals surface area contributed by atoms with Crippen molar-refractivity contribution in [3.8, 4) is 21.1 Å². The second-order valence-electron chi connectivity index (χ2n) is 11.2. The fourth-order valence-electron chi connectivity index (χ4n) is 5.59. The maximum Gasteiger partial charge on any atom is 0.278 e. The Labute approximate surface area is 282 Å².